The Hall–Kier alpha value is -1.80. The van der Waals surface area contributed by atoms with E-state index >= 15 is 0 Å². The summed E-state index contributed by atoms with van der Waals surface area (Å²) in [6.45, 7) is 0.383. The molecule has 8 heteroatoms. The summed E-state index contributed by atoms with van der Waals surface area (Å²) in [6.07, 6.45) is 0. The Bertz CT molecular complexity index is 704. The fourth-order valence-electron chi connectivity index (χ4n) is 1.75. The van der Waals surface area contributed by atoms with Gasteiger partial charge in [-0.2, -0.15) is 4.39 Å². The fraction of sp³-hybridized carbons (Fsp3) is 0.154. The maximum atomic E-state index is 13.5. The number of rotatable bonds is 4. The van der Waals surface area contributed by atoms with Crippen molar-refractivity contribution in [1.82, 2.24) is 4.90 Å². The predicted molar refractivity (Wildman–Crippen MR) is 80.9 cm³/mol. The molecule has 1 amide bonds. The maximum Gasteiger partial charge on any atom is 0.304 e. The number of hydrogen-bond donors (Lipinski definition) is 0. The summed E-state index contributed by atoms with van der Waals surface area (Å²) in [5.41, 5.74) is -0.562. The van der Waals surface area contributed by atoms with E-state index < -0.39 is 22.3 Å². The van der Waals surface area contributed by atoms with Crippen LogP contribution in [-0.4, -0.2) is 22.8 Å². The summed E-state index contributed by atoms with van der Waals surface area (Å²) in [5, 5.41) is 12.4. The third kappa shape index (κ3) is 3.64. The minimum Gasteiger partial charge on any atom is -0.337 e. The van der Waals surface area contributed by atoms with Gasteiger partial charge in [-0.05, 0) is 34.1 Å². The van der Waals surface area contributed by atoms with Crippen LogP contribution in [0.2, 0.25) is 0 Å². The van der Waals surface area contributed by atoms with E-state index in [9.17, 15) is 19.3 Å². The first-order valence-corrected chi connectivity index (χ1v) is 7.48. The Balaban J connectivity index is 2.15. The van der Waals surface area contributed by atoms with Crippen molar-refractivity contribution in [3.05, 3.63) is 60.5 Å². The number of thiophene rings is 1. The third-order valence-electron chi connectivity index (χ3n) is 2.75. The number of nitro groups is 1. The second kappa shape index (κ2) is 6.31. The van der Waals surface area contributed by atoms with Gasteiger partial charge in [0.05, 0.1) is 11.5 Å². The molecule has 2 aromatic rings. The zero-order valence-corrected chi connectivity index (χ0v) is 13.3. The van der Waals surface area contributed by atoms with E-state index in [1.165, 1.54) is 22.3 Å². The van der Waals surface area contributed by atoms with Crippen molar-refractivity contribution in [1.29, 1.82) is 0 Å². The highest BCUT2D eigenvalue weighted by Crippen LogP contribution is 2.22. The number of carbonyl (C=O) groups excluding carboxylic acids is 1. The van der Waals surface area contributed by atoms with Crippen molar-refractivity contribution in [2.24, 2.45) is 0 Å². The van der Waals surface area contributed by atoms with Crippen LogP contribution in [0.3, 0.4) is 0 Å². The SMILES string of the molecule is CN(Cc1cc(Br)cs1)C(=O)c1ccc([N+](=O)[O-])c(F)c1. The molecule has 0 aliphatic heterocycles. The average molecular weight is 373 g/mol. The molecule has 0 saturated heterocycles. The van der Waals surface area contributed by atoms with Crippen molar-refractivity contribution in [3.8, 4) is 0 Å². The number of benzene rings is 1. The second-order valence-corrected chi connectivity index (χ2v) is 6.23. The van der Waals surface area contributed by atoms with E-state index in [0.29, 0.717) is 6.54 Å². The quantitative estimate of drug-likeness (QED) is 0.605. The van der Waals surface area contributed by atoms with Gasteiger partial charge in [-0.25, -0.2) is 0 Å². The van der Waals surface area contributed by atoms with Crippen LogP contribution >= 0.6 is 27.3 Å². The van der Waals surface area contributed by atoms with E-state index in [-0.39, 0.29) is 5.56 Å². The van der Waals surface area contributed by atoms with Crippen LogP contribution in [0.4, 0.5) is 10.1 Å². The minimum absolute atomic E-state index is 0.0798. The van der Waals surface area contributed by atoms with Crippen molar-refractivity contribution < 1.29 is 14.1 Å². The molecule has 0 N–H and O–H groups in total. The normalized spacial score (nSPS) is 10.4. The molecule has 1 aromatic carbocycles. The van der Waals surface area contributed by atoms with Crippen LogP contribution in [0.1, 0.15) is 15.2 Å². The van der Waals surface area contributed by atoms with Crippen LogP contribution in [0.5, 0.6) is 0 Å². The highest BCUT2D eigenvalue weighted by Gasteiger charge is 2.19. The third-order valence-corrected chi connectivity index (χ3v) is 4.44. The number of nitrogens with zero attached hydrogens (tertiary/aromatic N) is 2. The van der Waals surface area contributed by atoms with Crippen molar-refractivity contribution in [2.75, 3.05) is 7.05 Å². The van der Waals surface area contributed by atoms with Crippen LogP contribution < -0.4 is 0 Å². The molecule has 0 bridgehead atoms. The zero-order chi connectivity index (χ0) is 15.6. The van der Waals surface area contributed by atoms with Gasteiger partial charge in [0.25, 0.3) is 5.91 Å². The summed E-state index contributed by atoms with van der Waals surface area (Å²) in [5.74, 6) is -1.41. The molecule has 0 saturated carbocycles. The fourth-order valence-corrected chi connectivity index (χ4v) is 3.25. The predicted octanol–water partition coefficient (Wildman–Crippen LogP) is 3.83. The molecular weight excluding hydrogens is 363 g/mol. The van der Waals surface area contributed by atoms with Gasteiger partial charge in [0.15, 0.2) is 0 Å². The number of hydrogen-bond acceptors (Lipinski definition) is 4. The Kier molecular flexibility index (Phi) is 4.69. The maximum absolute atomic E-state index is 13.5. The molecule has 0 spiro atoms. The number of amides is 1. The van der Waals surface area contributed by atoms with Gasteiger partial charge in [0.1, 0.15) is 0 Å². The van der Waals surface area contributed by atoms with Gasteiger partial charge in [-0.3, -0.25) is 14.9 Å². The lowest BCUT2D eigenvalue weighted by atomic mass is 10.1. The standard InChI is InChI=1S/C13H10BrFN2O3S/c1-16(6-10-5-9(14)7-21-10)13(18)8-2-3-12(17(19)20)11(15)4-8/h2-5,7H,6H2,1H3. The molecule has 0 aliphatic carbocycles. The largest absolute Gasteiger partial charge is 0.337 e. The van der Waals surface area contributed by atoms with Gasteiger partial charge < -0.3 is 4.90 Å². The zero-order valence-electron chi connectivity index (χ0n) is 10.9. The lowest BCUT2D eigenvalue weighted by molar-refractivity contribution is -0.387. The number of nitro benzene ring substituents is 1. The molecule has 0 radical (unpaired) electrons. The van der Waals surface area contributed by atoms with Gasteiger partial charge >= 0.3 is 5.69 Å². The van der Waals surface area contributed by atoms with E-state index in [2.05, 4.69) is 15.9 Å². The second-order valence-electron chi connectivity index (χ2n) is 4.32. The lowest BCUT2D eigenvalue weighted by Crippen LogP contribution is -2.25. The Morgan fingerprint density at radius 1 is 1.48 bits per heavy atom. The number of halogens is 2. The summed E-state index contributed by atoms with van der Waals surface area (Å²) < 4.78 is 14.5. The molecule has 2 rings (SSSR count). The molecule has 0 fully saturated rings. The van der Waals surface area contributed by atoms with Gasteiger partial charge in [-0.15, -0.1) is 11.3 Å². The minimum atomic E-state index is -1.02. The Morgan fingerprint density at radius 3 is 2.71 bits per heavy atom. The van der Waals surface area contributed by atoms with Crippen molar-refractivity contribution in [2.45, 2.75) is 6.54 Å². The van der Waals surface area contributed by atoms with Crippen LogP contribution in [0.15, 0.2) is 34.1 Å². The molecule has 0 atom stereocenters. The Morgan fingerprint density at radius 2 is 2.19 bits per heavy atom. The van der Waals surface area contributed by atoms with E-state index in [1.807, 2.05) is 11.4 Å². The molecule has 21 heavy (non-hydrogen) atoms. The van der Waals surface area contributed by atoms with Crippen LogP contribution in [0, 0.1) is 15.9 Å². The first kappa shape index (κ1) is 15.6. The molecule has 5 nitrogen and oxygen atoms in total. The van der Waals surface area contributed by atoms with Crippen LogP contribution in [0.25, 0.3) is 0 Å². The molecule has 0 unspecified atom stereocenters. The van der Waals surface area contributed by atoms with Gasteiger partial charge in [-0.1, -0.05) is 0 Å². The summed E-state index contributed by atoms with van der Waals surface area (Å²) in [6, 6.07) is 5.04. The lowest BCUT2D eigenvalue weighted by Gasteiger charge is -2.16. The molecule has 0 aliphatic rings. The highest BCUT2D eigenvalue weighted by atomic mass is 79.9. The topological polar surface area (TPSA) is 63.5 Å². The van der Waals surface area contributed by atoms with E-state index in [0.717, 1.165) is 21.5 Å². The number of carbonyl (C=O) groups is 1. The smallest absolute Gasteiger partial charge is 0.304 e. The Labute approximate surface area is 132 Å². The van der Waals surface area contributed by atoms with Gasteiger partial charge in [0.2, 0.25) is 5.82 Å². The molecular formula is C13H10BrFN2O3S. The van der Waals surface area contributed by atoms with Crippen LogP contribution in [-0.2, 0) is 6.54 Å². The van der Waals surface area contributed by atoms with E-state index in [4.69, 9.17) is 0 Å². The van der Waals surface area contributed by atoms with Crippen molar-refractivity contribution in [3.63, 3.8) is 0 Å². The average Bonchev–Trinajstić information content (AvgIpc) is 2.82. The molecule has 110 valence electrons. The first-order chi connectivity index (χ1) is 9.88. The summed E-state index contributed by atoms with van der Waals surface area (Å²) in [7, 11) is 1.59. The first-order valence-electron chi connectivity index (χ1n) is 5.81. The summed E-state index contributed by atoms with van der Waals surface area (Å²) >= 11 is 4.82. The van der Waals surface area contributed by atoms with E-state index in [1.54, 1.807) is 7.05 Å². The van der Waals surface area contributed by atoms with Crippen molar-refractivity contribution >= 4 is 38.9 Å². The summed E-state index contributed by atoms with van der Waals surface area (Å²) in [4.78, 5) is 24.3. The monoisotopic (exact) mass is 372 g/mol. The molecule has 1 aromatic heterocycles. The molecule has 1 heterocycles. The highest BCUT2D eigenvalue weighted by molar-refractivity contribution is 9.10. The van der Waals surface area contributed by atoms with Gasteiger partial charge in [0, 0.05) is 33.4 Å².